The van der Waals surface area contributed by atoms with Gasteiger partial charge in [0, 0.05) is 28.9 Å². The third kappa shape index (κ3) is 4.82. The third-order valence-corrected chi connectivity index (χ3v) is 4.98. The molecule has 1 aliphatic heterocycles. The van der Waals surface area contributed by atoms with Crippen LogP contribution >= 0.6 is 0 Å². The molecular formula is C24H19N5O4. The van der Waals surface area contributed by atoms with Crippen LogP contribution in [0.25, 0.3) is 0 Å². The molecule has 1 aliphatic rings. The first-order chi connectivity index (χ1) is 15.9. The Morgan fingerprint density at radius 1 is 1.09 bits per heavy atom. The van der Waals surface area contributed by atoms with E-state index in [9.17, 15) is 19.7 Å². The fraction of sp³-hybridized carbons (Fsp3) is 0.0833. The molecule has 0 unspecified atom stereocenters. The van der Waals surface area contributed by atoms with Crippen LogP contribution in [-0.4, -0.2) is 35.2 Å². The lowest BCUT2D eigenvalue weighted by molar-refractivity contribution is -0.384. The minimum absolute atomic E-state index is 0.0698. The molecule has 9 nitrogen and oxygen atoms in total. The number of benzene rings is 3. The Morgan fingerprint density at radius 2 is 1.85 bits per heavy atom. The summed E-state index contributed by atoms with van der Waals surface area (Å²) in [5, 5.41) is 21.7. The quantitative estimate of drug-likeness (QED) is 0.356. The van der Waals surface area contributed by atoms with Gasteiger partial charge in [0.05, 0.1) is 16.8 Å². The Bertz CT molecular complexity index is 1300. The van der Waals surface area contributed by atoms with Crippen molar-refractivity contribution in [2.24, 2.45) is 10.2 Å². The standard InChI is InChI=1S/C24H19N5O4/c1-16-9-11-18(12-10-16)26-22(30)15-28-21-8-3-2-7-20(21)23(24(28)31)27-25-14-17-5-4-6-19(13-17)29(32)33/h2-14H,15H2,1H3,(H,26,30)/b25-14+,27-23-. The van der Waals surface area contributed by atoms with Crippen LogP contribution < -0.4 is 10.2 Å². The summed E-state index contributed by atoms with van der Waals surface area (Å²) in [5.41, 5.74) is 3.33. The first-order valence-electron chi connectivity index (χ1n) is 10.1. The molecule has 0 spiro atoms. The van der Waals surface area contributed by atoms with Crippen LogP contribution in [-0.2, 0) is 9.59 Å². The second-order valence-corrected chi connectivity index (χ2v) is 7.37. The van der Waals surface area contributed by atoms with Crippen LogP contribution in [0.4, 0.5) is 17.1 Å². The number of aryl methyl sites for hydroxylation is 1. The van der Waals surface area contributed by atoms with Crippen molar-refractivity contribution in [1.82, 2.24) is 0 Å². The number of nitro groups is 1. The summed E-state index contributed by atoms with van der Waals surface area (Å²) in [5.74, 6) is -0.796. The highest BCUT2D eigenvalue weighted by atomic mass is 16.6. The van der Waals surface area contributed by atoms with Gasteiger partial charge < -0.3 is 5.32 Å². The van der Waals surface area contributed by atoms with Gasteiger partial charge >= 0.3 is 0 Å². The monoisotopic (exact) mass is 441 g/mol. The number of para-hydroxylation sites is 1. The van der Waals surface area contributed by atoms with Crippen molar-refractivity contribution in [3.8, 4) is 0 Å². The number of fused-ring (bicyclic) bond motifs is 1. The molecule has 4 rings (SSSR count). The van der Waals surface area contributed by atoms with Gasteiger partial charge in [0.2, 0.25) is 5.91 Å². The SMILES string of the molecule is Cc1ccc(NC(=O)CN2C(=O)/C(=N\N=C\c3cccc([N+](=O)[O-])c3)c3ccccc32)cc1. The molecule has 33 heavy (non-hydrogen) atoms. The Kier molecular flexibility index (Phi) is 6.03. The van der Waals surface area contributed by atoms with E-state index in [4.69, 9.17) is 0 Å². The lowest BCUT2D eigenvalue weighted by Crippen LogP contribution is -2.37. The lowest BCUT2D eigenvalue weighted by Gasteiger charge is -2.16. The van der Waals surface area contributed by atoms with Gasteiger partial charge in [0.15, 0.2) is 5.71 Å². The molecule has 1 heterocycles. The van der Waals surface area contributed by atoms with E-state index in [1.807, 2.05) is 19.1 Å². The molecular weight excluding hydrogens is 422 g/mol. The maximum atomic E-state index is 13.0. The Balaban J connectivity index is 1.54. The van der Waals surface area contributed by atoms with E-state index < -0.39 is 10.8 Å². The second kappa shape index (κ2) is 9.23. The molecule has 0 radical (unpaired) electrons. The Hall–Kier alpha value is -4.66. The van der Waals surface area contributed by atoms with Crippen molar-refractivity contribution < 1.29 is 14.5 Å². The zero-order valence-corrected chi connectivity index (χ0v) is 17.6. The summed E-state index contributed by atoms with van der Waals surface area (Å²) in [6.45, 7) is 1.77. The zero-order valence-electron chi connectivity index (χ0n) is 17.6. The smallest absolute Gasteiger partial charge is 0.279 e. The molecule has 0 atom stereocenters. The van der Waals surface area contributed by atoms with Gasteiger partial charge in [-0.2, -0.15) is 5.10 Å². The number of nitrogens with zero attached hydrogens (tertiary/aromatic N) is 4. The molecule has 0 aliphatic carbocycles. The topological polar surface area (TPSA) is 117 Å². The predicted molar refractivity (Wildman–Crippen MR) is 126 cm³/mol. The number of nitrogens with one attached hydrogen (secondary N) is 1. The van der Waals surface area contributed by atoms with Crippen LogP contribution in [0.1, 0.15) is 16.7 Å². The first kappa shape index (κ1) is 21.6. The van der Waals surface area contributed by atoms with Crippen molar-refractivity contribution in [3.63, 3.8) is 0 Å². The maximum absolute atomic E-state index is 13.0. The third-order valence-electron chi connectivity index (χ3n) is 4.98. The minimum atomic E-state index is -0.500. The first-order valence-corrected chi connectivity index (χ1v) is 10.1. The highest BCUT2D eigenvalue weighted by molar-refractivity contribution is 6.54. The Morgan fingerprint density at radius 3 is 2.61 bits per heavy atom. The number of carbonyl (C=O) groups excluding carboxylic acids is 2. The van der Waals surface area contributed by atoms with Crippen molar-refractivity contribution in [2.75, 3.05) is 16.8 Å². The molecule has 9 heteroatoms. The molecule has 0 bridgehead atoms. The number of nitro benzene ring substituents is 1. The van der Waals surface area contributed by atoms with Crippen molar-refractivity contribution in [3.05, 3.63) is 99.6 Å². The normalized spacial score (nSPS) is 14.0. The van der Waals surface area contributed by atoms with Crippen LogP contribution in [0.5, 0.6) is 0 Å². The van der Waals surface area contributed by atoms with E-state index in [2.05, 4.69) is 15.5 Å². The van der Waals surface area contributed by atoms with E-state index >= 15 is 0 Å². The lowest BCUT2D eigenvalue weighted by atomic mass is 10.1. The maximum Gasteiger partial charge on any atom is 0.279 e. The Labute approximate surface area is 189 Å². The molecule has 3 aromatic rings. The molecule has 0 saturated heterocycles. The van der Waals surface area contributed by atoms with Gasteiger partial charge in [-0.05, 0) is 25.1 Å². The fourth-order valence-electron chi connectivity index (χ4n) is 3.37. The van der Waals surface area contributed by atoms with Crippen molar-refractivity contribution in [1.29, 1.82) is 0 Å². The zero-order chi connectivity index (χ0) is 23.4. The van der Waals surface area contributed by atoms with Crippen LogP contribution in [0, 0.1) is 17.0 Å². The van der Waals surface area contributed by atoms with E-state index in [-0.39, 0.29) is 23.9 Å². The predicted octanol–water partition coefficient (Wildman–Crippen LogP) is 3.71. The van der Waals surface area contributed by atoms with E-state index in [1.165, 1.54) is 29.3 Å². The van der Waals surface area contributed by atoms with E-state index in [0.717, 1.165) is 5.56 Å². The van der Waals surface area contributed by atoms with Crippen LogP contribution in [0.2, 0.25) is 0 Å². The summed E-state index contributed by atoms with van der Waals surface area (Å²) in [7, 11) is 0. The average Bonchev–Trinajstić information content (AvgIpc) is 3.07. The number of amides is 2. The van der Waals surface area contributed by atoms with Gasteiger partial charge in [-0.3, -0.25) is 24.6 Å². The van der Waals surface area contributed by atoms with E-state index in [1.54, 1.807) is 42.5 Å². The molecule has 0 saturated carbocycles. The van der Waals surface area contributed by atoms with Crippen molar-refractivity contribution >= 4 is 40.8 Å². The summed E-state index contributed by atoms with van der Waals surface area (Å²) >= 11 is 0. The number of hydrogen-bond acceptors (Lipinski definition) is 6. The van der Waals surface area contributed by atoms with Gasteiger partial charge in [-0.1, -0.05) is 48.0 Å². The van der Waals surface area contributed by atoms with Crippen LogP contribution in [0.15, 0.2) is 83.0 Å². The minimum Gasteiger partial charge on any atom is -0.325 e. The highest BCUT2D eigenvalue weighted by Crippen LogP contribution is 2.29. The molecule has 1 N–H and O–H groups in total. The fourth-order valence-corrected chi connectivity index (χ4v) is 3.37. The number of anilines is 2. The number of non-ortho nitro benzene ring substituents is 1. The van der Waals surface area contributed by atoms with Crippen molar-refractivity contribution in [2.45, 2.75) is 6.92 Å². The summed E-state index contributed by atoms with van der Waals surface area (Å²) < 4.78 is 0. The molecule has 164 valence electrons. The van der Waals surface area contributed by atoms with Gasteiger partial charge in [0.25, 0.3) is 11.6 Å². The van der Waals surface area contributed by atoms with Crippen LogP contribution in [0.3, 0.4) is 0 Å². The van der Waals surface area contributed by atoms with E-state index in [0.29, 0.717) is 22.5 Å². The molecule has 3 aromatic carbocycles. The largest absolute Gasteiger partial charge is 0.325 e. The summed E-state index contributed by atoms with van der Waals surface area (Å²) in [6, 6.07) is 20.3. The molecule has 2 amide bonds. The summed E-state index contributed by atoms with van der Waals surface area (Å²) in [4.78, 5) is 37.4. The second-order valence-electron chi connectivity index (χ2n) is 7.37. The van der Waals surface area contributed by atoms with Gasteiger partial charge in [-0.25, -0.2) is 0 Å². The number of hydrogen-bond donors (Lipinski definition) is 1. The summed E-state index contributed by atoms with van der Waals surface area (Å²) in [6.07, 6.45) is 1.34. The van der Waals surface area contributed by atoms with Gasteiger partial charge in [-0.15, -0.1) is 5.10 Å². The molecule has 0 fully saturated rings. The van der Waals surface area contributed by atoms with Gasteiger partial charge in [0.1, 0.15) is 6.54 Å². The molecule has 0 aromatic heterocycles. The average molecular weight is 441 g/mol. The number of rotatable bonds is 6. The number of carbonyl (C=O) groups is 2. The highest BCUT2D eigenvalue weighted by Gasteiger charge is 2.35.